The number of ether oxygens (including phenoxy) is 2. The number of aliphatic imine (C=N–C) groups is 1. The summed E-state index contributed by atoms with van der Waals surface area (Å²) in [5, 5.41) is 6.52. The van der Waals surface area contributed by atoms with Crippen molar-refractivity contribution in [2.75, 3.05) is 46.5 Å². The molecule has 0 radical (unpaired) electrons. The van der Waals surface area contributed by atoms with Gasteiger partial charge in [0.2, 0.25) is 10.0 Å². The first-order valence-corrected chi connectivity index (χ1v) is 12.3. The molecule has 3 rings (SSSR count). The molecule has 30 heavy (non-hydrogen) atoms. The Morgan fingerprint density at radius 3 is 2.63 bits per heavy atom. The van der Waals surface area contributed by atoms with Gasteiger partial charge in [-0.15, -0.1) is 0 Å². The van der Waals surface area contributed by atoms with E-state index in [1.807, 2.05) is 12.1 Å². The van der Waals surface area contributed by atoms with Crippen molar-refractivity contribution in [3.8, 4) is 0 Å². The van der Waals surface area contributed by atoms with Gasteiger partial charge in [0, 0.05) is 46.4 Å². The highest BCUT2D eigenvalue weighted by molar-refractivity contribution is 7.89. The van der Waals surface area contributed by atoms with E-state index in [4.69, 9.17) is 9.47 Å². The second-order valence-electron chi connectivity index (χ2n) is 7.67. The maximum absolute atomic E-state index is 12.6. The Bertz CT molecular complexity index is 771. The second kappa shape index (κ2) is 11.6. The first-order chi connectivity index (χ1) is 14.6. The quantitative estimate of drug-likeness (QED) is 0.328. The van der Waals surface area contributed by atoms with Gasteiger partial charge in [-0.05, 0) is 49.8 Å². The van der Waals surface area contributed by atoms with Crippen molar-refractivity contribution in [3.05, 3.63) is 29.8 Å². The summed E-state index contributed by atoms with van der Waals surface area (Å²) in [7, 11) is -1.63. The zero-order chi connectivity index (χ0) is 21.2. The Morgan fingerprint density at radius 2 is 1.97 bits per heavy atom. The van der Waals surface area contributed by atoms with E-state index in [1.54, 1.807) is 23.5 Å². The molecule has 0 saturated carbocycles. The lowest BCUT2D eigenvalue weighted by molar-refractivity contribution is 0.0168. The number of nitrogens with one attached hydrogen (secondary N) is 2. The van der Waals surface area contributed by atoms with Crippen LogP contribution in [0.5, 0.6) is 0 Å². The van der Waals surface area contributed by atoms with Crippen LogP contribution < -0.4 is 10.6 Å². The van der Waals surface area contributed by atoms with Crippen LogP contribution in [0.15, 0.2) is 34.2 Å². The molecule has 0 aromatic heterocycles. The summed E-state index contributed by atoms with van der Waals surface area (Å²) in [6.07, 6.45) is 5.26. The average Bonchev–Trinajstić information content (AvgIpc) is 3.47. The normalized spacial score (nSPS) is 20.6. The number of benzene rings is 1. The summed E-state index contributed by atoms with van der Waals surface area (Å²) in [6, 6.07) is 7.07. The Balaban J connectivity index is 1.35. The number of sulfonamides is 1. The summed E-state index contributed by atoms with van der Waals surface area (Å²) in [6.45, 7) is 4.79. The molecule has 0 bridgehead atoms. The highest BCUT2D eigenvalue weighted by Crippen LogP contribution is 2.21. The molecule has 2 heterocycles. The van der Waals surface area contributed by atoms with E-state index in [0.717, 1.165) is 50.8 Å². The predicted octanol–water partition coefficient (Wildman–Crippen LogP) is 1.72. The van der Waals surface area contributed by atoms with Gasteiger partial charge in [0.15, 0.2) is 5.96 Å². The zero-order valence-corrected chi connectivity index (χ0v) is 18.6. The average molecular weight is 439 g/mol. The van der Waals surface area contributed by atoms with Crippen LogP contribution in [0.3, 0.4) is 0 Å². The molecule has 1 unspecified atom stereocenters. The monoisotopic (exact) mass is 438 g/mol. The predicted molar refractivity (Wildman–Crippen MR) is 117 cm³/mol. The molecule has 8 nitrogen and oxygen atoms in total. The molecule has 2 aliphatic heterocycles. The van der Waals surface area contributed by atoms with Gasteiger partial charge in [0.1, 0.15) is 0 Å². The fourth-order valence-corrected chi connectivity index (χ4v) is 5.15. The van der Waals surface area contributed by atoms with Crippen LogP contribution in [-0.2, 0) is 26.0 Å². The second-order valence-corrected chi connectivity index (χ2v) is 9.61. The molecule has 2 saturated heterocycles. The summed E-state index contributed by atoms with van der Waals surface area (Å²) >= 11 is 0. The first-order valence-electron chi connectivity index (χ1n) is 10.8. The number of guanidine groups is 1. The fourth-order valence-electron chi connectivity index (χ4n) is 3.63. The maximum atomic E-state index is 12.6. The van der Waals surface area contributed by atoms with Gasteiger partial charge in [-0.2, -0.15) is 4.31 Å². The van der Waals surface area contributed by atoms with Crippen LogP contribution in [0.25, 0.3) is 0 Å². The molecule has 2 fully saturated rings. The van der Waals surface area contributed by atoms with Gasteiger partial charge in [-0.1, -0.05) is 12.1 Å². The number of hydrogen-bond donors (Lipinski definition) is 2. The third kappa shape index (κ3) is 6.66. The van der Waals surface area contributed by atoms with Gasteiger partial charge in [0.05, 0.1) is 17.6 Å². The van der Waals surface area contributed by atoms with Crippen molar-refractivity contribution in [2.24, 2.45) is 4.99 Å². The topological polar surface area (TPSA) is 92.3 Å². The van der Waals surface area contributed by atoms with Crippen LogP contribution in [0, 0.1) is 0 Å². The van der Waals surface area contributed by atoms with Crippen LogP contribution in [-0.4, -0.2) is 71.3 Å². The first kappa shape index (κ1) is 23.0. The minimum atomic E-state index is -3.36. The van der Waals surface area contributed by atoms with E-state index in [2.05, 4.69) is 15.6 Å². The van der Waals surface area contributed by atoms with Crippen LogP contribution >= 0.6 is 0 Å². The van der Waals surface area contributed by atoms with Crippen LogP contribution in [0.2, 0.25) is 0 Å². The lowest BCUT2D eigenvalue weighted by Crippen LogP contribution is -2.37. The molecule has 0 amide bonds. The van der Waals surface area contributed by atoms with Crippen LogP contribution in [0.4, 0.5) is 0 Å². The molecule has 0 aliphatic carbocycles. The lowest BCUT2D eigenvalue weighted by Gasteiger charge is -2.16. The third-order valence-corrected chi connectivity index (χ3v) is 7.31. The molecular weight excluding hydrogens is 404 g/mol. The van der Waals surface area contributed by atoms with Crippen molar-refractivity contribution in [1.82, 2.24) is 14.9 Å². The largest absolute Gasteiger partial charge is 0.379 e. The Labute approximate surface area is 180 Å². The number of rotatable bonds is 10. The van der Waals surface area contributed by atoms with E-state index in [1.165, 1.54) is 0 Å². The summed E-state index contributed by atoms with van der Waals surface area (Å²) in [4.78, 5) is 4.58. The van der Waals surface area contributed by atoms with E-state index in [0.29, 0.717) is 43.7 Å². The Hall–Kier alpha value is -1.68. The molecule has 168 valence electrons. The molecule has 1 atom stereocenters. The lowest BCUT2D eigenvalue weighted by atomic mass is 10.2. The minimum Gasteiger partial charge on any atom is -0.379 e. The highest BCUT2D eigenvalue weighted by Gasteiger charge is 2.26. The van der Waals surface area contributed by atoms with Crippen molar-refractivity contribution >= 4 is 16.0 Å². The molecule has 2 aliphatic rings. The van der Waals surface area contributed by atoms with Gasteiger partial charge < -0.3 is 20.1 Å². The zero-order valence-electron chi connectivity index (χ0n) is 17.8. The van der Waals surface area contributed by atoms with E-state index in [-0.39, 0.29) is 6.10 Å². The summed E-state index contributed by atoms with van der Waals surface area (Å²) in [5.74, 6) is 0.711. The number of nitrogens with zero attached hydrogens (tertiary/aromatic N) is 2. The Morgan fingerprint density at radius 1 is 1.20 bits per heavy atom. The third-order valence-electron chi connectivity index (χ3n) is 5.40. The Kier molecular flexibility index (Phi) is 8.92. The standard InChI is InChI=1S/C21H34N4O4S/c1-22-21(23-11-5-14-28-17-19-6-4-15-29-19)24-16-18-7-9-20(10-8-18)30(26,27)25-12-2-3-13-25/h7-10,19H,2-6,11-17H2,1H3,(H2,22,23,24). The van der Waals surface area contributed by atoms with Gasteiger partial charge in [-0.25, -0.2) is 8.42 Å². The maximum Gasteiger partial charge on any atom is 0.243 e. The smallest absolute Gasteiger partial charge is 0.243 e. The molecular formula is C21H34N4O4S. The number of hydrogen-bond acceptors (Lipinski definition) is 5. The van der Waals surface area contributed by atoms with Crippen LogP contribution in [0.1, 0.15) is 37.7 Å². The van der Waals surface area contributed by atoms with E-state index < -0.39 is 10.0 Å². The van der Waals surface area contributed by atoms with Gasteiger partial charge >= 0.3 is 0 Å². The van der Waals surface area contributed by atoms with Crippen molar-refractivity contribution in [2.45, 2.75) is 49.6 Å². The highest BCUT2D eigenvalue weighted by atomic mass is 32.2. The van der Waals surface area contributed by atoms with Gasteiger partial charge in [0.25, 0.3) is 0 Å². The van der Waals surface area contributed by atoms with Crippen molar-refractivity contribution in [1.29, 1.82) is 0 Å². The summed E-state index contributed by atoms with van der Waals surface area (Å²) in [5.41, 5.74) is 0.998. The molecule has 1 aromatic rings. The molecule has 0 spiro atoms. The minimum absolute atomic E-state index is 0.268. The fraction of sp³-hybridized carbons (Fsp3) is 0.667. The van der Waals surface area contributed by atoms with Crippen molar-refractivity contribution < 1.29 is 17.9 Å². The van der Waals surface area contributed by atoms with Crippen molar-refractivity contribution in [3.63, 3.8) is 0 Å². The van der Waals surface area contributed by atoms with Gasteiger partial charge in [-0.3, -0.25) is 4.99 Å². The molecule has 1 aromatic carbocycles. The molecule has 2 N–H and O–H groups in total. The van der Waals surface area contributed by atoms with E-state index >= 15 is 0 Å². The molecule has 9 heteroatoms. The SMILES string of the molecule is CN=C(NCCCOCC1CCCO1)NCc1ccc(S(=O)(=O)N2CCCC2)cc1. The van der Waals surface area contributed by atoms with E-state index in [9.17, 15) is 8.42 Å². The summed E-state index contributed by atoms with van der Waals surface area (Å²) < 4.78 is 37.9.